The average molecular weight is 1380 g/mol. The maximum absolute atomic E-state index is 12.6. The molecule has 0 saturated carbocycles. The number of carbonyl (C=O) groups is 6. The van der Waals surface area contributed by atoms with Gasteiger partial charge in [-0.2, -0.15) is 15.3 Å². The van der Waals surface area contributed by atoms with Crippen molar-refractivity contribution < 1.29 is 28.8 Å². The molecule has 31 heteroatoms. The number of thiazole rings is 1. The Morgan fingerprint density at radius 1 is 0.471 bits per heavy atom. The van der Waals surface area contributed by atoms with Crippen LogP contribution in [0, 0.1) is 11.8 Å². The Balaban J connectivity index is 0.000000137. The summed E-state index contributed by atoms with van der Waals surface area (Å²) in [5, 5.41) is 27.0. The van der Waals surface area contributed by atoms with Crippen molar-refractivity contribution in [2.24, 2.45) is 0 Å². The SMILES string of the molecule is C=CC(=O)N1CCC(n2nc(-c3ccc(C(=O)Nc4ccccn4)cc3)c3c(N)ncnc32)C1.C=CC(=O)N1CCC(n2nc(-c3ccc(C(=O)Nc4nccs4)cc3)c3c(N)ncnc32)C1.CC#CC(=O)N1CCC(n2nc(-c3ccc(C(=O)Nc4ccccn4)cc3)c3c(N)ncnc32)C1. The Kier molecular flexibility index (Phi) is 19.5. The van der Waals surface area contributed by atoms with Crippen molar-refractivity contribution in [1.82, 2.24) is 88.9 Å². The van der Waals surface area contributed by atoms with Gasteiger partial charge in [-0.25, -0.2) is 58.9 Å². The fourth-order valence-corrected chi connectivity index (χ4v) is 12.8. The van der Waals surface area contributed by atoms with E-state index in [1.54, 1.807) is 118 Å². The molecule has 30 nitrogen and oxygen atoms in total. The van der Waals surface area contributed by atoms with Crippen LogP contribution in [0.5, 0.6) is 0 Å². The summed E-state index contributed by atoms with van der Waals surface area (Å²) in [6.45, 7) is 12.1. The van der Waals surface area contributed by atoms with Crippen molar-refractivity contribution in [2.45, 2.75) is 44.3 Å². The van der Waals surface area contributed by atoms with Crippen molar-refractivity contribution in [3.63, 3.8) is 0 Å². The van der Waals surface area contributed by atoms with E-state index in [0.717, 1.165) is 36.0 Å². The van der Waals surface area contributed by atoms with Gasteiger partial charge in [-0.05, 0) is 105 Å². The van der Waals surface area contributed by atoms with Crippen molar-refractivity contribution >= 4 is 114 Å². The number of aromatic nitrogens is 15. The molecule has 3 atom stereocenters. The molecule has 102 heavy (non-hydrogen) atoms. The van der Waals surface area contributed by atoms with Crippen LogP contribution in [0.3, 0.4) is 0 Å². The van der Waals surface area contributed by atoms with Gasteiger partial charge in [-0.15, -0.1) is 11.3 Å². The minimum Gasteiger partial charge on any atom is -0.383 e. The molecule has 6 amide bonds. The molecule has 0 aliphatic carbocycles. The lowest BCUT2D eigenvalue weighted by Crippen LogP contribution is -2.28. The topological polar surface area (TPSA) is 396 Å². The van der Waals surface area contributed by atoms with Crippen LogP contribution in [-0.2, 0) is 14.4 Å². The van der Waals surface area contributed by atoms with E-state index in [4.69, 9.17) is 32.5 Å². The number of nitrogens with zero attached hydrogens (tertiary/aromatic N) is 18. The number of benzene rings is 3. The minimum absolute atomic E-state index is 0.0391. The fraction of sp³-hybridized carbons (Fsp3) is 0.183. The summed E-state index contributed by atoms with van der Waals surface area (Å²) in [5.41, 5.74) is 26.1. The molecule has 3 aliphatic heterocycles. The average Bonchev–Trinajstić information content (AvgIpc) is 1.62. The summed E-state index contributed by atoms with van der Waals surface area (Å²) in [6, 6.07) is 31.7. The molecule has 15 rings (SSSR count). The fourth-order valence-electron chi connectivity index (χ4n) is 12.3. The highest BCUT2D eigenvalue weighted by Gasteiger charge is 2.34. The molecule has 0 bridgehead atoms. The Labute approximate surface area is 585 Å². The smallest absolute Gasteiger partial charge is 0.298 e. The molecule has 0 spiro atoms. The Hall–Kier alpha value is -13.5. The second-order valence-corrected chi connectivity index (χ2v) is 24.4. The molecular weight excluding hydrogens is 1320 g/mol. The normalized spacial score (nSPS) is 15.3. The Morgan fingerprint density at radius 2 is 0.843 bits per heavy atom. The summed E-state index contributed by atoms with van der Waals surface area (Å²) in [4.78, 5) is 117. The van der Waals surface area contributed by atoms with E-state index in [-0.39, 0.29) is 53.6 Å². The van der Waals surface area contributed by atoms with E-state index >= 15 is 0 Å². The minimum atomic E-state index is -0.264. The summed E-state index contributed by atoms with van der Waals surface area (Å²) < 4.78 is 5.46. The number of nitrogens with one attached hydrogen (secondary N) is 3. The highest BCUT2D eigenvalue weighted by atomic mass is 32.1. The predicted octanol–water partition coefficient (Wildman–Crippen LogP) is 7.95. The second kappa shape index (κ2) is 29.7. The molecule has 9 N–H and O–H groups in total. The number of nitrogen functional groups attached to an aromatic ring is 3. The van der Waals surface area contributed by atoms with Gasteiger partial charge in [-0.1, -0.05) is 67.6 Å². The zero-order valence-corrected chi connectivity index (χ0v) is 55.6. The third-order valence-corrected chi connectivity index (χ3v) is 18.0. The zero-order chi connectivity index (χ0) is 71.0. The molecule has 9 aromatic heterocycles. The summed E-state index contributed by atoms with van der Waals surface area (Å²) >= 11 is 1.35. The molecule has 3 fully saturated rings. The van der Waals surface area contributed by atoms with E-state index in [2.05, 4.69) is 85.8 Å². The number of likely N-dealkylation sites (tertiary alicyclic amines) is 3. The lowest BCUT2D eigenvalue weighted by Gasteiger charge is -2.14. The molecule has 510 valence electrons. The van der Waals surface area contributed by atoms with Gasteiger partial charge in [-0.3, -0.25) is 34.1 Å². The second-order valence-electron chi connectivity index (χ2n) is 23.5. The molecule has 3 unspecified atom stereocenters. The number of hydrogen-bond donors (Lipinski definition) is 6. The van der Waals surface area contributed by atoms with Crippen LogP contribution < -0.4 is 33.2 Å². The van der Waals surface area contributed by atoms with Crippen LogP contribution in [0.4, 0.5) is 34.2 Å². The maximum Gasteiger partial charge on any atom is 0.298 e. The number of hydrogen-bond acceptors (Lipinski definition) is 22. The van der Waals surface area contributed by atoms with E-state index in [0.29, 0.717) is 140 Å². The molecule has 0 radical (unpaired) electrons. The van der Waals surface area contributed by atoms with Crippen LogP contribution in [0.2, 0.25) is 0 Å². The maximum atomic E-state index is 12.6. The van der Waals surface area contributed by atoms with Crippen LogP contribution in [-0.4, -0.2) is 164 Å². The highest BCUT2D eigenvalue weighted by molar-refractivity contribution is 7.13. The third-order valence-electron chi connectivity index (χ3n) is 17.3. The number of fused-ring (bicyclic) bond motifs is 3. The van der Waals surface area contributed by atoms with Gasteiger partial charge in [0.2, 0.25) is 11.8 Å². The monoisotopic (exact) mass is 1380 g/mol. The van der Waals surface area contributed by atoms with Crippen molar-refractivity contribution in [3.05, 3.63) is 194 Å². The van der Waals surface area contributed by atoms with Crippen LogP contribution in [0.15, 0.2) is 177 Å². The van der Waals surface area contributed by atoms with Crippen molar-refractivity contribution in [1.29, 1.82) is 0 Å². The van der Waals surface area contributed by atoms with E-state index < -0.39 is 0 Å². The first-order chi connectivity index (χ1) is 49.6. The third kappa shape index (κ3) is 14.1. The lowest BCUT2D eigenvalue weighted by molar-refractivity contribution is -0.125. The molecule has 3 aromatic carbocycles. The summed E-state index contributed by atoms with van der Waals surface area (Å²) in [5.74, 6) is 5.99. The van der Waals surface area contributed by atoms with Crippen molar-refractivity contribution in [2.75, 3.05) is 72.4 Å². The Bertz CT molecular complexity index is 5230. The van der Waals surface area contributed by atoms with Gasteiger partial charge in [0.1, 0.15) is 65.2 Å². The van der Waals surface area contributed by atoms with Crippen LogP contribution in [0.1, 0.15) is 75.4 Å². The summed E-state index contributed by atoms with van der Waals surface area (Å²) in [7, 11) is 0. The molecule has 3 aliphatic rings. The van der Waals surface area contributed by atoms with E-state index in [9.17, 15) is 28.8 Å². The van der Waals surface area contributed by atoms with Gasteiger partial charge in [0.15, 0.2) is 22.1 Å². The predicted molar refractivity (Wildman–Crippen MR) is 385 cm³/mol. The van der Waals surface area contributed by atoms with Crippen LogP contribution >= 0.6 is 11.3 Å². The molecule has 12 heterocycles. The first kappa shape index (κ1) is 67.1. The van der Waals surface area contributed by atoms with Gasteiger partial charge in [0.05, 0.1) is 34.3 Å². The number of amides is 6. The first-order valence-electron chi connectivity index (χ1n) is 32.1. The number of anilines is 6. The molecule has 12 aromatic rings. The zero-order valence-electron chi connectivity index (χ0n) is 54.7. The quantitative estimate of drug-likeness (QED) is 0.0444. The highest BCUT2D eigenvalue weighted by Crippen LogP contribution is 2.38. The van der Waals surface area contributed by atoms with Gasteiger partial charge >= 0.3 is 0 Å². The summed E-state index contributed by atoms with van der Waals surface area (Å²) in [6.07, 6.45) is 13.9. The number of pyridine rings is 2. The van der Waals surface area contributed by atoms with Gasteiger partial charge < -0.3 is 42.5 Å². The molecule has 3 saturated heterocycles. The first-order valence-corrected chi connectivity index (χ1v) is 33.0. The lowest BCUT2D eigenvalue weighted by atomic mass is 10.1. The van der Waals surface area contributed by atoms with Crippen molar-refractivity contribution in [3.8, 4) is 45.6 Å². The number of rotatable bonds is 14. The Morgan fingerprint density at radius 3 is 1.19 bits per heavy atom. The standard InChI is InChI=1S/C25H22N8O2.C24H22N8O2.C22H20N8O2S/c1-2-5-20(34)32-13-11-18(14-32)33-24-21(23(26)28-15-29-24)22(31-33)16-7-9-17(10-8-16)25(35)30-19-6-3-4-12-27-19;1-2-19(33)31-12-10-17(13-31)32-23-20(22(25)27-14-28-23)21(30-32)15-6-8-16(9-7-15)24(34)29-18-5-3-4-11-26-18;1-2-16(31)29-9-7-15(11-29)30-20-17(19(23)25-12-26-20)18(28-30)13-3-5-14(6-4-13)21(32)27-22-24-8-10-33-22/h3-4,6-10,12,15,18H,11,13-14H2,1H3,(H2,26,28,29)(H,27,30,35);2-9,11,14,17H,1,10,12-13H2,(H2,25,27,28)(H,26,29,34);2-6,8,10,12,15H,1,7,9,11H2,(H2,23,25,26)(H,24,27,32). The van der Waals surface area contributed by atoms with Crippen LogP contribution in [0.25, 0.3) is 66.9 Å². The van der Waals surface area contributed by atoms with Gasteiger partial charge in [0.25, 0.3) is 23.6 Å². The number of carbonyl (C=O) groups excluding carboxylic acids is 6. The largest absolute Gasteiger partial charge is 0.383 e. The molecular formula is C71H64N24O6S. The van der Waals surface area contributed by atoms with E-state index in [1.165, 1.54) is 42.5 Å². The number of nitrogens with two attached hydrogens (primary N) is 3. The van der Waals surface area contributed by atoms with Gasteiger partial charge in [0, 0.05) is 96.6 Å². The van der Waals surface area contributed by atoms with E-state index in [1.807, 2.05) is 50.4 Å².